The first-order valence-electron chi connectivity index (χ1n) is 5.79. The van der Waals surface area contributed by atoms with Gasteiger partial charge in [-0.1, -0.05) is 6.92 Å². The molecule has 1 N–H and O–H groups in total. The van der Waals surface area contributed by atoms with E-state index in [-0.39, 0.29) is 0 Å². The van der Waals surface area contributed by atoms with E-state index in [0.29, 0.717) is 5.41 Å². The van der Waals surface area contributed by atoms with Crippen LogP contribution in [-0.2, 0) is 18.3 Å². The molecule has 1 aromatic heterocycles. The van der Waals surface area contributed by atoms with Crippen molar-refractivity contribution in [1.82, 2.24) is 15.1 Å². The van der Waals surface area contributed by atoms with Crippen molar-refractivity contribution in [1.29, 1.82) is 0 Å². The molecule has 2 rings (SSSR count). The summed E-state index contributed by atoms with van der Waals surface area (Å²) < 4.78 is 7.18. The zero-order valence-electron chi connectivity index (χ0n) is 10.6. The summed E-state index contributed by atoms with van der Waals surface area (Å²) in [6, 6.07) is 0. The van der Waals surface area contributed by atoms with Crippen LogP contribution in [0.1, 0.15) is 23.9 Å². The molecule has 0 radical (unpaired) electrons. The van der Waals surface area contributed by atoms with Gasteiger partial charge in [0.25, 0.3) is 0 Å². The minimum Gasteiger partial charge on any atom is -0.380 e. The first-order valence-corrected chi connectivity index (χ1v) is 5.79. The predicted octanol–water partition coefficient (Wildman–Crippen LogP) is 1.16. The van der Waals surface area contributed by atoms with Gasteiger partial charge in [0.05, 0.1) is 18.9 Å². The number of aromatic nitrogens is 2. The first kappa shape index (κ1) is 11.6. The van der Waals surface area contributed by atoms with E-state index in [9.17, 15) is 0 Å². The fraction of sp³-hybridized carbons (Fsp3) is 0.750. The van der Waals surface area contributed by atoms with E-state index in [1.165, 1.54) is 11.3 Å². The lowest BCUT2D eigenvalue weighted by Gasteiger charge is -2.38. The van der Waals surface area contributed by atoms with E-state index >= 15 is 0 Å². The van der Waals surface area contributed by atoms with Crippen molar-refractivity contribution in [3.8, 4) is 0 Å². The molecule has 2 heterocycles. The third kappa shape index (κ3) is 2.13. The Morgan fingerprint density at radius 3 is 2.56 bits per heavy atom. The van der Waals surface area contributed by atoms with Gasteiger partial charge in [0.2, 0.25) is 0 Å². The monoisotopic (exact) mass is 223 g/mol. The van der Waals surface area contributed by atoms with Crippen LogP contribution in [-0.4, -0.2) is 29.5 Å². The summed E-state index contributed by atoms with van der Waals surface area (Å²) in [5.74, 6) is 0. The lowest BCUT2D eigenvalue weighted by Crippen LogP contribution is -2.47. The molecule has 0 atom stereocenters. The average molecular weight is 223 g/mol. The van der Waals surface area contributed by atoms with Gasteiger partial charge in [-0.15, -0.1) is 0 Å². The molecule has 1 aliphatic heterocycles. The average Bonchev–Trinajstić information content (AvgIpc) is 2.42. The largest absolute Gasteiger partial charge is 0.380 e. The minimum absolute atomic E-state index is 0.337. The summed E-state index contributed by atoms with van der Waals surface area (Å²) in [6.45, 7) is 10.1. The first-order chi connectivity index (χ1) is 7.52. The number of aryl methyl sites for hydroxylation is 2. The van der Waals surface area contributed by atoms with Crippen LogP contribution in [0, 0.1) is 19.3 Å². The van der Waals surface area contributed by atoms with Crippen LogP contribution in [0.3, 0.4) is 0 Å². The number of rotatable bonds is 4. The molecular formula is C12H21N3O. The highest BCUT2D eigenvalue weighted by atomic mass is 16.5. The lowest BCUT2D eigenvalue weighted by atomic mass is 9.89. The molecule has 0 amide bonds. The molecule has 4 heteroatoms. The van der Waals surface area contributed by atoms with E-state index in [1.54, 1.807) is 0 Å². The topological polar surface area (TPSA) is 39.1 Å². The highest BCUT2D eigenvalue weighted by molar-refractivity contribution is 5.24. The SMILES string of the molecule is Cc1nn(C)c(C)c1CNCC1(C)COC1. The molecule has 90 valence electrons. The van der Waals surface area contributed by atoms with E-state index in [4.69, 9.17) is 4.74 Å². The molecule has 0 aliphatic carbocycles. The van der Waals surface area contributed by atoms with Gasteiger partial charge in [-0.05, 0) is 13.8 Å². The van der Waals surface area contributed by atoms with Gasteiger partial charge in [-0.2, -0.15) is 5.10 Å². The van der Waals surface area contributed by atoms with Crippen LogP contribution in [0.5, 0.6) is 0 Å². The van der Waals surface area contributed by atoms with E-state index < -0.39 is 0 Å². The number of hydrogen-bond acceptors (Lipinski definition) is 3. The summed E-state index contributed by atoms with van der Waals surface area (Å²) >= 11 is 0. The predicted molar refractivity (Wildman–Crippen MR) is 63.3 cm³/mol. The Bertz CT molecular complexity index is 380. The summed E-state index contributed by atoms with van der Waals surface area (Å²) in [6.07, 6.45) is 0. The third-order valence-corrected chi connectivity index (χ3v) is 3.41. The van der Waals surface area contributed by atoms with Crippen LogP contribution >= 0.6 is 0 Å². The van der Waals surface area contributed by atoms with Crippen molar-refractivity contribution in [2.75, 3.05) is 19.8 Å². The third-order valence-electron chi connectivity index (χ3n) is 3.41. The second-order valence-corrected chi connectivity index (χ2v) is 5.18. The Kier molecular flexibility index (Phi) is 3.04. The van der Waals surface area contributed by atoms with E-state index in [1.807, 2.05) is 11.7 Å². The highest BCUT2D eigenvalue weighted by Gasteiger charge is 2.32. The zero-order chi connectivity index (χ0) is 11.8. The Labute approximate surface area is 97.0 Å². The molecule has 0 saturated carbocycles. The molecule has 1 fully saturated rings. The van der Waals surface area contributed by atoms with Crippen LogP contribution in [0.4, 0.5) is 0 Å². The summed E-state index contributed by atoms with van der Waals surface area (Å²) in [4.78, 5) is 0. The fourth-order valence-corrected chi connectivity index (χ4v) is 2.12. The maximum Gasteiger partial charge on any atom is 0.0641 e. The van der Waals surface area contributed by atoms with Gasteiger partial charge in [0.1, 0.15) is 0 Å². The Hall–Kier alpha value is -0.870. The summed E-state index contributed by atoms with van der Waals surface area (Å²) in [5, 5.41) is 7.92. The van der Waals surface area contributed by atoms with Crippen molar-refractivity contribution in [2.45, 2.75) is 27.3 Å². The van der Waals surface area contributed by atoms with E-state index in [0.717, 1.165) is 32.0 Å². The molecule has 1 saturated heterocycles. The number of ether oxygens (including phenoxy) is 1. The Morgan fingerprint density at radius 1 is 1.44 bits per heavy atom. The molecule has 0 bridgehead atoms. The number of hydrogen-bond donors (Lipinski definition) is 1. The van der Waals surface area contributed by atoms with Crippen LogP contribution < -0.4 is 5.32 Å². The van der Waals surface area contributed by atoms with Crippen molar-refractivity contribution < 1.29 is 4.74 Å². The highest BCUT2D eigenvalue weighted by Crippen LogP contribution is 2.25. The fourth-order valence-electron chi connectivity index (χ4n) is 2.12. The molecule has 16 heavy (non-hydrogen) atoms. The summed E-state index contributed by atoms with van der Waals surface area (Å²) in [5.41, 5.74) is 4.04. The molecular weight excluding hydrogens is 202 g/mol. The smallest absolute Gasteiger partial charge is 0.0641 e. The van der Waals surface area contributed by atoms with Crippen LogP contribution in [0.15, 0.2) is 0 Å². The van der Waals surface area contributed by atoms with Gasteiger partial charge in [0.15, 0.2) is 0 Å². The standard InChI is InChI=1S/C12H21N3O/c1-9-11(10(2)15(4)14-9)5-13-6-12(3)7-16-8-12/h13H,5-8H2,1-4H3. The van der Waals surface area contributed by atoms with Crippen LogP contribution in [0.25, 0.3) is 0 Å². The second-order valence-electron chi connectivity index (χ2n) is 5.18. The molecule has 0 spiro atoms. The normalized spacial score (nSPS) is 18.5. The van der Waals surface area contributed by atoms with Crippen molar-refractivity contribution in [2.24, 2.45) is 12.5 Å². The van der Waals surface area contributed by atoms with Gasteiger partial charge >= 0.3 is 0 Å². The van der Waals surface area contributed by atoms with Gasteiger partial charge in [0, 0.05) is 36.8 Å². The Balaban J connectivity index is 1.89. The molecule has 0 unspecified atom stereocenters. The maximum absolute atomic E-state index is 5.24. The maximum atomic E-state index is 5.24. The minimum atomic E-state index is 0.337. The van der Waals surface area contributed by atoms with Gasteiger partial charge in [-0.3, -0.25) is 4.68 Å². The molecule has 1 aliphatic rings. The number of nitrogens with zero attached hydrogens (tertiary/aromatic N) is 2. The molecule has 1 aromatic rings. The van der Waals surface area contributed by atoms with Crippen molar-refractivity contribution in [3.63, 3.8) is 0 Å². The number of nitrogens with one attached hydrogen (secondary N) is 1. The second kappa shape index (κ2) is 4.18. The zero-order valence-corrected chi connectivity index (χ0v) is 10.6. The quantitative estimate of drug-likeness (QED) is 0.832. The van der Waals surface area contributed by atoms with Gasteiger partial charge < -0.3 is 10.1 Å². The molecule has 4 nitrogen and oxygen atoms in total. The van der Waals surface area contributed by atoms with Crippen molar-refractivity contribution >= 4 is 0 Å². The van der Waals surface area contributed by atoms with Gasteiger partial charge in [-0.25, -0.2) is 0 Å². The summed E-state index contributed by atoms with van der Waals surface area (Å²) in [7, 11) is 1.99. The Morgan fingerprint density at radius 2 is 2.12 bits per heavy atom. The van der Waals surface area contributed by atoms with Crippen molar-refractivity contribution in [3.05, 3.63) is 17.0 Å². The van der Waals surface area contributed by atoms with E-state index in [2.05, 4.69) is 31.2 Å². The molecule has 0 aromatic carbocycles. The van der Waals surface area contributed by atoms with Crippen LogP contribution in [0.2, 0.25) is 0 Å². The lowest BCUT2D eigenvalue weighted by molar-refractivity contribution is -0.0991.